The highest BCUT2D eigenvalue weighted by atomic mass is 32.2. The summed E-state index contributed by atoms with van der Waals surface area (Å²) < 4.78 is 23.1. The highest BCUT2D eigenvalue weighted by Gasteiger charge is 2.33. The van der Waals surface area contributed by atoms with Gasteiger partial charge >= 0.3 is 0 Å². The minimum atomic E-state index is -2.97. The van der Waals surface area contributed by atoms with Gasteiger partial charge in [0.25, 0.3) is 5.91 Å². The van der Waals surface area contributed by atoms with E-state index in [-0.39, 0.29) is 23.5 Å². The van der Waals surface area contributed by atoms with Gasteiger partial charge in [-0.1, -0.05) is 6.07 Å². The molecule has 0 aliphatic carbocycles. The standard InChI is InChI=1S/C15H20N2O3S/c1-17(14-5-7-21(19,20)10-14)15(18)12-3-2-11-4-6-16-9-13(11)8-12/h2-3,8,14,16H,4-7,9-10H2,1H3. The lowest BCUT2D eigenvalue weighted by Gasteiger charge is -2.24. The summed E-state index contributed by atoms with van der Waals surface area (Å²) in [5.74, 6) is 0.177. The van der Waals surface area contributed by atoms with E-state index >= 15 is 0 Å². The van der Waals surface area contributed by atoms with Gasteiger partial charge in [-0.25, -0.2) is 8.42 Å². The van der Waals surface area contributed by atoms with Gasteiger partial charge in [0.2, 0.25) is 0 Å². The van der Waals surface area contributed by atoms with Crippen LogP contribution in [0.2, 0.25) is 0 Å². The summed E-state index contributed by atoms with van der Waals surface area (Å²) in [5.41, 5.74) is 3.10. The highest BCUT2D eigenvalue weighted by molar-refractivity contribution is 7.91. The fourth-order valence-corrected chi connectivity index (χ4v) is 4.84. The number of rotatable bonds is 2. The fraction of sp³-hybridized carbons (Fsp3) is 0.533. The SMILES string of the molecule is CN(C(=O)c1ccc2c(c1)CNCC2)C1CCS(=O)(=O)C1. The number of hydrogen-bond donors (Lipinski definition) is 1. The molecular formula is C15H20N2O3S. The summed E-state index contributed by atoms with van der Waals surface area (Å²) in [4.78, 5) is 14.1. The molecule has 1 aromatic rings. The first-order valence-electron chi connectivity index (χ1n) is 7.26. The van der Waals surface area contributed by atoms with E-state index in [1.54, 1.807) is 11.9 Å². The largest absolute Gasteiger partial charge is 0.338 e. The lowest BCUT2D eigenvalue weighted by Crippen LogP contribution is -2.38. The van der Waals surface area contributed by atoms with Gasteiger partial charge in [0.15, 0.2) is 9.84 Å². The second-order valence-corrected chi connectivity index (χ2v) is 8.11. The zero-order chi connectivity index (χ0) is 15.0. The van der Waals surface area contributed by atoms with E-state index in [0.29, 0.717) is 12.0 Å². The third kappa shape index (κ3) is 2.96. The average molecular weight is 308 g/mol. The third-order valence-electron chi connectivity index (χ3n) is 4.42. The first kappa shape index (κ1) is 14.5. The molecule has 6 heteroatoms. The van der Waals surface area contributed by atoms with E-state index in [2.05, 4.69) is 5.32 Å². The highest BCUT2D eigenvalue weighted by Crippen LogP contribution is 2.21. The molecule has 2 heterocycles. The van der Waals surface area contributed by atoms with E-state index in [4.69, 9.17) is 0 Å². The van der Waals surface area contributed by atoms with Crippen molar-refractivity contribution in [2.24, 2.45) is 0 Å². The fourth-order valence-electron chi connectivity index (χ4n) is 3.06. The van der Waals surface area contributed by atoms with E-state index in [9.17, 15) is 13.2 Å². The van der Waals surface area contributed by atoms with Crippen LogP contribution in [-0.2, 0) is 22.8 Å². The van der Waals surface area contributed by atoms with Crippen molar-refractivity contribution in [1.29, 1.82) is 0 Å². The summed E-state index contributed by atoms with van der Waals surface area (Å²) in [6.45, 7) is 1.76. The molecule has 0 aromatic heterocycles. The molecule has 1 fully saturated rings. The maximum absolute atomic E-state index is 12.5. The van der Waals surface area contributed by atoms with Crippen molar-refractivity contribution in [1.82, 2.24) is 10.2 Å². The molecule has 0 spiro atoms. The lowest BCUT2D eigenvalue weighted by atomic mass is 9.98. The Hall–Kier alpha value is -1.40. The lowest BCUT2D eigenvalue weighted by molar-refractivity contribution is 0.0747. The van der Waals surface area contributed by atoms with E-state index in [1.165, 1.54) is 11.1 Å². The molecule has 1 aromatic carbocycles. The summed E-state index contributed by atoms with van der Waals surface area (Å²) >= 11 is 0. The summed E-state index contributed by atoms with van der Waals surface area (Å²) in [7, 11) is -1.27. The van der Waals surface area contributed by atoms with Crippen LogP contribution in [0.4, 0.5) is 0 Å². The van der Waals surface area contributed by atoms with Crippen LogP contribution in [-0.4, -0.2) is 50.4 Å². The molecule has 2 aliphatic heterocycles. The van der Waals surface area contributed by atoms with Crippen molar-refractivity contribution in [2.75, 3.05) is 25.1 Å². The predicted molar refractivity (Wildman–Crippen MR) is 81.0 cm³/mol. The molecule has 0 radical (unpaired) electrons. The third-order valence-corrected chi connectivity index (χ3v) is 6.17. The quantitative estimate of drug-likeness (QED) is 0.868. The molecule has 1 unspecified atom stereocenters. The van der Waals surface area contributed by atoms with Crippen LogP contribution in [0, 0.1) is 0 Å². The van der Waals surface area contributed by atoms with Gasteiger partial charge < -0.3 is 10.2 Å². The number of hydrogen-bond acceptors (Lipinski definition) is 4. The van der Waals surface area contributed by atoms with Crippen LogP contribution < -0.4 is 5.32 Å². The molecule has 1 saturated heterocycles. The maximum Gasteiger partial charge on any atom is 0.253 e. The molecular weight excluding hydrogens is 288 g/mol. The van der Waals surface area contributed by atoms with Gasteiger partial charge in [-0.3, -0.25) is 4.79 Å². The van der Waals surface area contributed by atoms with E-state index < -0.39 is 9.84 Å². The molecule has 5 nitrogen and oxygen atoms in total. The predicted octanol–water partition coefficient (Wildman–Crippen LogP) is 0.591. The Bertz CT molecular complexity index is 669. The Morgan fingerprint density at radius 2 is 2.14 bits per heavy atom. The maximum atomic E-state index is 12.5. The smallest absolute Gasteiger partial charge is 0.253 e. The summed E-state index contributed by atoms with van der Waals surface area (Å²) in [6.07, 6.45) is 1.53. The van der Waals surface area contributed by atoms with Gasteiger partial charge in [-0.05, 0) is 42.6 Å². The van der Waals surface area contributed by atoms with Crippen molar-refractivity contribution >= 4 is 15.7 Å². The van der Waals surface area contributed by atoms with Crippen LogP contribution in [0.3, 0.4) is 0 Å². The van der Waals surface area contributed by atoms with Gasteiger partial charge in [0.1, 0.15) is 0 Å². The average Bonchev–Trinajstić information content (AvgIpc) is 2.85. The van der Waals surface area contributed by atoms with Crippen molar-refractivity contribution in [2.45, 2.75) is 25.4 Å². The van der Waals surface area contributed by atoms with Crippen molar-refractivity contribution in [3.63, 3.8) is 0 Å². The number of amides is 1. The molecule has 0 saturated carbocycles. The zero-order valence-corrected chi connectivity index (χ0v) is 12.9. The Labute approximate surface area is 125 Å². The second kappa shape index (κ2) is 5.42. The van der Waals surface area contributed by atoms with Crippen LogP contribution in [0.1, 0.15) is 27.9 Å². The van der Waals surface area contributed by atoms with Gasteiger partial charge in [0.05, 0.1) is 11.5 Å². The van der Waals surface area contributed by atoms with E-state index in [1.807, 2.05) is 18.2 Å². The van der Waals surface area contributed by atoms with Crippen LogP contribution in [0.25, 0.3) is 0 Å². The minimum absolute atomic E-state index is 0.0851. The summed E-state index contributed by atoms with van der Waals surface area (Å²) in [5, 5.41) is 3.30. The van der Waals surface area contributed by atoms with Crippen LogP contribution >= 0.6 is 0 Å². The van der Waals surface area contributed by atoms with Crippen LogP contribution in [0.15, 0.2) is 18.2 Å². The Balaban J connectivity index is 1.79. The van der Waals surface area contributed by atoms with Crippen molar-refractivity contribution in [3.05, 3.63) is 34.9 Å². The Morgan fingerprint density at radius 3 is 2.86 bits per heavy atom. The molecule has 1 amide bonds. The monoisotopic (exact) mass is 308 g/mol. The first-order valence-corrected chi connectivity index (χ1v) is 9.08. The number of benzene rings is 1. The topological polar surface area (TPSA) is 66.5 Å². The van der Waals surface area contributed by atoms with Crippen molar-refractivity contribution < 1.29 is 13.2 Å². The van der Waals surface area contributed by atoms with Gasteiger partial charge in [0, 0.05) is 25.2 Å². The molecule has 21 heavy (non-hydrogen) atoms. The number of nitrogens with zero attached hydrogens (tertiary/aromatic N) is 1. The zero-order valence-electron chi connectivity index (χ0n) is 12.1. The van der Waals surface area contributed by atoms with Gasteiger partial charge in [-0.2, -0.15) is 0 Å². The second-order valence-electron chi connectivity index (χ2n) is 5.88. The van der Waals surface area contributed by atoms with Gasteiger partial charge in [-0.15, -0.1) is 0 Å². The van der Waals surface area contributed by atoms with Crippen LogP contribution in [0.5, 0.6) is 0 Å². The number of carbonyl (C=O) groups excluding carboxylic acids is 1. The van der Waals surface area contributed by atoms with E-state index in [0.717, 1.165) is 19.5 Å². The molecule has 1 N–H and O–H groups in total. The first-order chi connectivity index (χ1) is 9.96. The number of nitrogens with one attached hydrogen (secondary N) is 1. The number of carbonyl (C=O) groups is 1. The number of fused-ring (bicyclic) bond motifs is 1. The molecule has 2 aliphatic rings. The normalized spacial score (nSPS) is 23.6. The molecule has 1 atom stereocenters. The number of sulfone groups is 1. The molecule has 0 bridgehead atoms. The Morgan fingerprint density at radius 1 is 1.33 bits per heavy atom. The molecule has 3 rings (SSSR count). The summed E-state index contributed by atoms with van der Waals surface area (Å²) in [6, 6.07) is 5.61. The minimum Gasteiger partial charge on any atom is -0.338 e. The molecule has 114 valence electrons. The Kier molecular flexibility index (Phi) is 3.75. The van der Waals surface area contributed by atoms with Crippen molar-refractivity contribution in [3.8, 4) is 0 Å².